The molecule has 1 aliphatic heterocycles. The number of hydrogen-bond donors (Lipinski definition) is 0. The third-order valence-corrected chi connectivity index (χ3v) is 6.79. The van der Waals surface area contributed by atoms with Crippen molar-refractivity contribution in [3.05, 3.63) is 42.2 Å². The van der Waals surface area contributed by atoms with Crippen LogP contribution in [0.1, 0.15) is 19.5 Å². The van der Waals surface area contributed by atoms with Gasteiger partial charge in [-0.2, -0.15) is 13.2 Å². The molecular weight excluding hydrogens is 457 g/mol. The fourth-order valence-electron chi connectivity index (χ4n) is 2.96. The van der Waals surface area contributed by atoms with E-state index in [1.54, 1.807) is 12.3 Å². The molecule has 0 radical (unpaired) electrons. The molecule has 3 amide bonds. The molecule has 8 nitrogen and oxygen atoms in total. The van der Waals surface area contributed by atoms with Crippen molar-refractivity contribution in [3.8, 4) is 0 Å². The highest BCUT2D eigenvalue weighted by Gasteiger charge is 2.52. The number of carbonyl (C=O) groups is 2. The Labute approximate surface area is 180 Å². The standard InChI is InChI=1S/C18H17F3N4O4S2/c1-17(2)14(26)25(12-4-6-13(7-5-12)31(28,29)18(19,20)21)16(27)24(17)10-11-8-9-22-15(23-11)30-3/h4-9H,10H2,1-3H3. The summed E-state index contributed by atoms with van der Waals surface area (Å²) in [5.41, 5.74) is -6.26. The van der Waals surface area contributed by atoms with Gasteiger partial charge in [0, 0.05) is 6.20 Å². The van der Waals surface area contributed by atoms with Crippen LogP contribution < -0.4 is 4.90 Å². The van der Waals surface area contributed by atoms with Gasteiger partial charge < -0.3 is 4.90 Å². The van der Waals surface area contributed by atoms with Crippen molar-refractivity contribution in [2.45, 2.75) is 41.5 Å². The number of rotatable bonds is 5. The lowest BCUT2D eigenvalue weighted by Crippen LogP contribution is -2.43. The predicted octanol–water partition coefficient (Wildman–Crippen LogP) is 3.24. The van der Waals surface area contributed by atoms with E-state index in [0.29, 0.717) is 23.0 Å². The third kappa shape index (κ3) is 3.99. The molecule has 1 aromatic heterocycles. The Hall–Kier alpha value is -2.67. The largest absolute Gasteiger partial charge is 0.501 e. The zero-order chi connectivity index (χ0) is 23.2. The van der Waals surface area contributed by atoms with Crippen molar-refractivity contribution in [2.75, 3.05) is 11.2 Å². The quantitative estimate of drug-likeness (QED) is 0.373. The second-order valence-electron chi connectivity index (χ2n) is 7.05. The van der Waals surface area contributed by atoms with Crippen LogP contribution in [-0.2, 0) is 21.2 Å². The maximum Gasteiger partial charge on any atom is 0.501 e. The summed E-state index contributed by atoms with van der Waals surface area (Å²) >= 11 is 1.31. The van der Waals surface area contributed by atoms with Gasteiger partial charge in [0.15, 0.2) is 5.16 Å². The Morgan fingerprint density at radius 1 is 1.10 bits per heavy atom. The summed E-state index contributed by atoms with van der Waals surface area (Å²) in [6, 6.07) is 4.31. The number of sulfone groups is 1. The van der Waals surface area contributed by atoms with Crippen LogP contribution in [0, 0.1) is 0 Å². The maximum atomic E-state index is 13.0. The van der Waals surface area contributed by atoms with Crippen LogP contribution in [0.2, 0.25) is 0 Å². The minimum absolute atomic E-state index is 0.00465. The third-order valence-electron chi connectivity index (χ3n) is 4.73. The summed E-state index contributed by atoms with van der Waals surface area (Å²) in [6.45, 7) is 3.07. The Morgan fingerprint density at radius 2 is 1.71 bits per heavy atom. The smallest absolute Gasteiger partial charge is 0.304 e. The molecular formula is C18H17F3N4O4S2. The molecule has 0 saturated carbocycles. The minimum atomic E-state index is -5.54. The van der Waals surface area contributed by atoms with Crippen molar-refractivity contribution in [1.82, 2.24) is 14.9 Å². The summed E-state index contributed by atoms with van der Waals surface area (Å²) in [4.78, 5) is 35.4. The summed E-state index contributed by atoms with van der Waals surface area (Å²) < 4.78 is 61.3. The normalized spacial score (nSPS) is 16.8. The van der Waals surface area contributed by atoms with Gasteiger partial charge in [0.2, 0.25) is 0 Å². The van der Waals surface area contributed by atoms with Crippen LogP contribution in [0.4, 0.5) is 23.7 Å². The number of carbonyl (C=O) groups excluding carboxylic acids is 2. The van der Waals surface area contributed by atoms with Crippen LogP contribution in [0.3, 0.4) is 0 Å². The SMILES string of the molecule is CSc1nccc(CN2C(=O)N(c3ccc(S(=O)(=O)C(F)(F)F)cc3)C(=O)C2(C)C)n1. The van der Waals surface area contributed by atoms with E-state index in [0.717, 1.165) is 17.0 Å². The van der Waals surface area contributed by atoms with Crippen LogP contribution in [0.15, 0.2) is 46.6 Å². The van der Waals surface area contributed by atoms with E-state index in [4.69, 9.17) is 0 Å². The molecule has 2 heterocycles. The molecule has 1 fully saturated rings. The van der Waals surface area contributed by atoms with Crippen molar-refractivity contribution >= 4 is 39.2 Å². The number of imide groups is 1. The zero-order valence-corrected chi connectivity index (χ0v) is 18.2. The van der Waals surface area contributed by atoms with Crippen LogP contribution in [0.5, 0.6) is 0 Å². The number of hydrogen-bond acceptors (Lipinski definition) is 7. The number of amides is 3. The van der Waals surface area contributed by atoms with E-state index in [-0.39, 0.29) is 12.2 Å². The van der Waals surface area contributed by atoms with E-state index in [2.05, 4.69) is 9.97 Å². The molecule has 0 N–H and O–H groups in total. The first kappa shape index (κ1) is 23.0. The first-order valence-electron chi connectivity index (χ1n) is 8.74. The predicted molar refractivity (Wildman–Crippen MR) is 106 cm³/mol. The molecule has 0 atom stereocenters. The van der Waals surface area contributed by atoms with E-state index in [1.165, 1.54) is 36.7 Å². The number of halogens is 3. The van der Waals surface area contributed by atoms with Crippen molar-refractivity contribution < 1.29 is 31.2 Å². The Kier molecular flexibility index (Phi) is 5.78. The van der Waals surface area contributed by atoms with Gasteiger partial charge >= 0.3 is 11.5 Å². The number of benzene rings is 1. The second kappa shape index (κ2) is 7.79. The number of thioether (sulfide) groups is 1. The summed E-state index contributed by atoms with van der Waals surface area (Å²) in [5.74, 6) is -0.608. The monoisotopic (exact) mass is 474 g/mol. The summed E-state index contributed by atoms with van der Waals surface area (Å²) in [5, 5.41) is 0.492. The van der Waals surface area contributed by atoms with Gasteiger partial charge in [-0.1, -0.05) is 11.8 Å². The first-order chi connectivity index (χ1) is 14.3. The molecule has 3 rings (SSSR count). The molecule has 1 aliphatic rings. The fourth-order valence-corrected chi connectivity index (χ4v) is 4.10. The highest BCUT2D eigenvalue weighted by molar-refractivity contribution is 7.98. The number of aromatic nitrogens is 2. The average molecular weight is 474 g/mol. The topological polar surface area (TPSA) is 101 Å². The Bertz CT molecular complexity index is 1140. The minimum Gasteiger partial charge on any atom is -0.304 e. The Balaban J connectivity index is 1.92. The number of alkyl halides is 3. The number of urea groups is 1. The summed E-state index contributed by atoms with van der Waals surface area (Å²) in [6.07, 6.45) is 3.32. The Morgan fingerprint density at radius 3 is 2.26 bits per heavy atom. The van der Waals surface area contributed by atoms with E-state index in [1.807, 2.05) is 0 Å². The van der Waals surface area contributed by atoms with Gasteiger partial charge in [-0.15, -0.1) is 0 Å². The van der Waals surface area contributed by atoms with Crippen molar-refractivity contribution in [2.24, 2.45) is 0 Å². The molecule has 1 saturated heterocycles. The fraction of sp³-hybridized carbons (Fsp3) is 0.333. The average Bonchev–Trinajstić information content (AvgIpc) is 2.87. The number of anilines is 1. The van der Waals surface area contributed by atoms with Crippen LogP contribution in [-0.4, -0.2) is 52.5 Å². The zero-order valence-electron chi connectivity index (χ0n) is 16.5. The van der Waals surface area contributed by atoms with Gasteiger partial charge in [-0.05, 0) is 50.4 Å². The van der Waals surface area contributed by atoms with E-state index >= 15 is 0 Å². The molecule has 1 aromatic carbocycles. The van der Waals surface area contributed by atoms with E-state index in [9.17, 15) is 31.2 Å². The first-order valence-corrected chi connectivity index (χ1v) is 11.4. The molecule has 0 aliphatic carbocycles. The number of nitrogens with zero attached hydrogens (tertiary/aromatic N) is 4. The molecule has 0 unspecified atom stereocenters. The molecule has 0 spiro atoms. The lowest BCUT2D eigenvalue weighted by Gasteiger charge is -2.27. The summed E-state index contributed by atoms with van der Waals surface area (Å²) in [7, 11) is -5.54. The van der Waals surface area contributed by atoms with Crippen molar-refractivity contribution in [3.63, 3.8) is 0 Å². The lowest BCUT2D eigenvalue weighted by molar-refractivity contribution is -0.123. The van der Waals surface area contributed by atoms with Crippen LogP contribution in [0.25, 0.3) is 0 Å². The van der Waals surface area contributed by atoms with Gasteiger partial charge in [0.1, 0.15) is 5.54 Å². The molecule has 2 aromatic rings. The van der Waals surface area contributed by atoms with Gasteiger partial charge in [-0.25, -0.2) is 28.1 Å². The van der Waals surface area contributed by atoms with Gasteiger partial charge in [-0.3, -0.25) is 4.79 Å². The molecule has 13 heteroatoms. The van der Waals surface area contributed by atoms with Gasteiger partial charge in [0.05, 0.1) is 22.8 Å². The highest BCUT2D eigenvalue weighted by atomic mass is 32.2. The van der Waals surface area contributed by atoms with E-state index < -0.39 is 37.7 Å². The second-order valence-corrected chi connectivity index (χ2v) is 9.76. The maximum absolute atomic E-state index is 13.0. The highest BCUT2D eigenvalue weighted by Crippen LogP contribution is 2.35. The molecule has 166 valence electrons. The van der Waals surface area contributed by atoms with Crippen molar-refractivity contribution in [1.29, 1.82) is 0 Å². The van der Waals surface area contributed by atoms with Gasteiger partial charge in [0.25, 0.3) is 15.7 Å². The van der Waals surface area contributed by atoms with Crippen LogP contribution >= 0.6 is 11.8 Å². The molecule has 0 bridgehead atoms. The lowest BCUT2D eigenvalue weighted by atomic mass is 10.0. The molecule has 31 heavy (non-hydrogen) atoms.